The van der Waals surface area contributed by atoms with Gasteiger partial charge in [-0.1, -0.05) is 70.7 Å². The maximum absolute atomic E-state index is 12.4. The average molecular weight is 431 g/mol. The smallest absolute Gasteiger partial charge is 0.252 e. The molecular weight excluding hydrogens is 413 g/mol. The zero-order valence-corrected chi connectivity index (χ0v) is 17.2. The molecule has 0 unspecified atom stereocenters. The van der Waals surface area contributed by atoms with Crippen LogP contribution in [0.15, 0.2) is 48.5 Å². The standard InChI is InChI=1S/C18H18Cl3N3OS/c1-11-7-9-13(10-8-11)15(25)23-16(18(19,20)21)24-17(26)22-14-6-4-3-5-12(14)2/h3-10,16H,1-2H3,(H,23,25)(H2,22,24,26)/t16-/m1/s1. The third-order valence-electron chi connectivity index (χ3n) is 3.59. The third kappa shape index (κ3) is 6.02. The summed E-state index contributed by atoms with van der Waals surface area (Å²) in [5, 5.41) is 8.74. The van der Waals surface area contributed by atoms with E-state index in [4.69, 9.17) is 47.0 Å². The number of benzene rings is 2. The van der Waals surface area contributed by atoms with Crippen LogP contribution in [0, 0.1) is 13.8 Å². The molecule has 26 heavy (non-hydrogen) atoms. The molecule has 0 heterocycles. The molecule has 3 N–H and O–H groups in total. The highest BCUT2D eigenvalue weighted by atomic mass is 35.6. The number of carbonyl (C=O) groups excluding carboxylic acids is 1. The highest BCUT2D eigenvalue weighted by molar-refractivity contribution is 7.80. The fourth-order valence-corrected chi connectivity index (χ4v) is 2.68. The molecule has 2 aromatic rings. The van der Waals surface area contributed by atoms with Crippen molar-refractivity contribution >= 4 is 63.7 Å². The summed E-state index contributed by atoms with van der Waals surface area (Å²) >= 11 is 23.3. The van der Waals surface area contributed by atoms with E-state index in [0.29, 0.717) is 5.56 Å². The summed E-state index contributed by atoms with van der Waals surface area (Å²) in [6.45, 7) is 3.87. The molecule has 0 aromatic heterocycles. The lowest BCUT2D eigenvalue weighted by Gasteiger charge is -2.28. The van der Waals surface area contributed by atoms with Gasteiger partial charge >= 0.3 is 0 Å². The minimum Gasteiger partial charge on any atom is -0.339 e. The molecule has 4 nitrogen and oxygen atoms in total. The zero-order valence-electron chi connectivity index (χ0n) is 14.1. The lowest BCUT2D eigenvalue weighted by molar-refractivity contribution is 0.0934. The van der Waals surface area contributed by atoms with E-state index in [1.807, 2.05) is 50.2 Å². The summed E-state index contributed by atoms with van der Waals surface area (Å²) in [6, 6.07) is 14.7. The molecule has 0 aliphatic carbocycles. The fourth-order valence-electron chi connectivity index (χ4n) is 2.12. The predicted molar refractivity (Wildman–Crippen MR) is 113 cm³/mol. The molecule has 0 saturated carbocycles. The molecule has 2 aromatic carbocycles. The number of halogens is 3. The maximum atomic E-state index is 12.4. The number of nitrogens with one attached hydrogen (secondary N) is 3. The summed E-state index contributed by atoms with van der Waals surface area (Å²) in [4.78, 5) is 12.4. The molecular formula is C18H18Cl3N3OS. The van der Waals surface area contributed by atoms with Crippen LogP contribution in [-0.4, -0.2) is 21.0 Å². The van der Waals surface area contributed by atoms with Gasteiger partial charge in [0.15, 0.2) is 5.11 Å². The van der Waals surface area contributed by atoms with E-state index in [1.54, 1.807) is 12.1 Å². The summed E-state index contributed by atoms with van der Waals surface area (Å²) < 4.78 is -1.81. The van der Waals surface area contributed by atoms with E-state index in [0.717, 1.165) is 16.8 Å². The van der Waals surface area contributed by atoms with Gasteiger partial charge in [0, 0.05) is 11.3 Å². The van der Waals surface area contributed by atoms with Crippen LogP contribution in [0.5, 0.6) is 0 Å². The molecule has 0 aliphatic rings. The van der Waals surface area contributed by atoms with E-state index >= 15 is 0 Å². The second-order valence-corrected chi connectivity index (χ2v) is 8.50. The van der Waals surface area contributed by atoms with Crippen molar-refractivity contribution in [3.8, 4) is 0 Å². The van der Waals surface area contributed by atoms with Gasteiger partial charge in [0.1, 0.15) is 6.17 Å². The monoisotopic (exact) mass is 429 g/mol. The summed E-state index contributed by atoms with van der Waals surface area (Å²) in [5.41, 5.74) is 3.32. The number of aryl methyl sites for hydroxylation is 2. The van der Waals surface area contributed by atoms with E-state index in [2.05, 4.69) is 16.0 Å². The lowest BCUT2D eigenvalue weighted by atomic mass is 10.1. The number of amides is 1. The molecule has 1 amide bonds. The Morgan fingerprint density at radius 2 is 1.62 bits per heavy atom. The van der Waals surface area contributed by atoms with Gasteiger partial charge in [-0.05, 0) is 49.8 Å². The second-order valence-electron chi connectivity index (χ2n) is 5.73. The number of hydrogen-bond acceptors (Lipinski definition) is 2. The number of carbonyl (C=O) groups is 1. The van der Waals surface area contributed by atoms with Gasteiger partial charge in [0.25, 0.3) is 5.91 Å². The van der Waals surface area contributed by atoms with Gasteiger partial charge in [0.05, 0.1) is 0 Å². The molecule has 0 spiro atoms. The number of hydrogen-bond donors (Lipinski definition) is 3. The van der Waals surface area contributed by atoms with E-state index in [9.17, 15) is 4.79 Å². The second kappa shape index (κ2) is 8.91. The Hall–Kier alpha value is -1.53. The van der Waals surface area contributed by atoms with Gasteiger partial charge in [-0.2, -0.15) is 0 Å². The Labute approximate surface area is 173 Å². The van der Waals surface area contributed by atoms with Gasteiger partial charge < -0.3 is 16.0 Å². The minimum atomic E-state index is -1.81. The van der Waals surface area contributed by atoms with Crippen LogP contribution in [-0.2, 0) is 0 Å². The van der Waals surface area contributed by atoms with Crippen molar-refractivity contribution in [1.82, 2.24) is 10.6 Å². The fraction of sp³-hybridized carbons (Fsp3) is 0.222. The Kier molecular flexibility index (Phi) is 7.12. The predicted octanol–water partition coefficient (Wildman–Crippen LogP) is 4.72. The Bertz CT molecular complexity index is 791. The Morgan fingerprint density at radius 1 is 1.00 bits per heavy atom. The summed E-state index contributed by atoms with van der Waals surface area (Å²) in [6.07, 6.45) is -1.02. The largest absolute Gasteiger partial charge is 0.339 e. The van der Waals surface area contributed by atoms with Crippen molar-refractivity contribution in [2.75, 3.05) is 5.32 Å². The average Bonchev–Trinajstić information content (AvgIpc) is 2.56. The van der Waals surface area contributed by atoms with Crippen LogP contribution >= 0.6 is 47.0 Å². The quantitative estimate of drug-likeness (QED) is 0.373. The van der Waals surface area contributed by atoms with Crippen LogP contribution in [0.25, 0.3) is 0 Å². The van der Waals surface area contributed by atoms with Crippen LogP contribution < -0.4 is 16.0 Å². The minimum absolute atomic E-state index is 0.222. The van der Waals surface area contributed by atoms with Crippen molar-refractivity contribution in [2.45, 2.75) is 23.8 Å². The molecule has 138 valence electrons. The zero-order chi connectivity index (χ0) is 19.3. The van der Waals surface area contributed by atoms with Crippen molar-refractivity contribution in [3.05, 3.63) is 65.2 Å². The Balaban J connectivity index is 2.07. The topological polar surface area (TPSA) is 53.2 Å². The van der Waals surface area contributed by atoms with Crippen molar-refractivity contribution < 1.29 is 4.79 Å². The number of thiocarbonyl (C=S) groups is 1. The first-order chi connectivity index (χ1) is 12.2. The maximum Gasteiger partial charge on any atom is 0.252 e. The molecule has 0 fully saturated rings. The first-order valence-corrected chi connectivity index (χ1v) is 9.28. The normalized spacial score (nSPS) is 12.2. The van der Waals surface area contributed by atoms with Crippen molar-refractivity contribution in [3.63, 3.8) is 0 Å². The van der Waals surface area contributed by atoms with Gasteiger partial charge in [-0.15, -0.1) is 0 Å². The van der Waals surface area contributed by atoms with Crippen LogP contribution in [0.3, 0.4) is 0 Å². The molecule has 0 bridgehead atoms. The van der Waals surface area contributed by atoms with E-state index in [-0.39, 0.29) is 11.0 Å². The highest BCUT2D eigenvalue weighted by Crippen LogP contribution is 2.29. The molecule has 0 radical (unpaired) electrons. The van der Waals surface area contributed by atoms with Gasteiger partial charge in [-0.3, -0.25) is 4.79 Å². The number of para-hydroxylation sites is 1. The third-order valence-corrected chi connectivity index (χ3v) is 4.46. The van der Waals surface area contributed by atoms with Crippen LogP contribution in [0.1, 0.15) is 21.5 Å². The van der Waals surface area contributed by atoms with E-state index < -0.39 is 9.96 Å². The van der Waals surface area contributed by atoms with Crippen LogP contribution in [0.2, 0.25) is 0 Å². The number of anilines is 1. The molecule has 2 rings (SSSR count). The summed E-state index contributed by atoms with van der Waals surface area (Å²) in [5.74, 6) is -0.382. The van der Waals surface area contributed by atoms with Gasteiger partial charge in [0.2, 0.25) is 3.79 Å². The van der Waals surface area contributed by atoms with E-state index in [1.165, 1.54) is 0 Å². The number of alkyl halides is 3. The van der Waals surface area contributed by atoms with Crippen molar-refractivity contribution in [1.29, 1.82) is 0 Å². The molecule has 0 saturated heterocycles. The van der Waals surface area contributed by atoms with Crippen molar-refractivity contribution in [2.24, 2.45) is 0 Å². The highest BCUT2D eigenvalue weighted by Gasteiger charge is 2.34. The number of rotatable bonds is 4. The first-order valence-electron chi connectivity index (χ1n) is 7.74. The Morgan fingerprint density at radius 3 is 2.19 bits per heavy atom. The van der Waals surface area contributed by atoms with Crippen LogP contribution in [0.4, 0.5) is 5.69 Å². The molecule has 8 heteroatoms. The molecule has 0 aliphatic heterocycles. The summed E-state index contributed by atoms with van der Waals surface area (Å²) in [7, 11) is 0. The molecule has 1 atom stereocenters. The lowest BCUT2D eigenvalue weighted by Crippen LogP contribution is -2.56. The first kappa shape index (κ1) is 20.8. The SMILES string of the molecule is Cc1ccc(C(=O)N[C@H](NC(=S)Nc2ccccc2C)C(Cl)(Cl)Cl)cc1. The van der Waals surface area contributed by atoms with Gasteiger partial charge in [-0.25, -0.2) is 0 Å².